The van der Waals surface area contributed by atoms with Crippen molar-refractivity contribution in [2.45, 2.75) is 134 Å². The summed E-state index contributed by atoms with van der Waals surface area (Å²) in [5.41, 5.74) is -7.40. The normalized spacial score (nSPS) is 47.0. The van der Waals surface area contributed by atoms with Crippen LogP contribution in [0.1, 0.15) is 74.7 Å². The number of rotatable bonds is 6. The fraction of sp³-hybridized carbons (Fsp3) is 0.833. The summed E-state index contributed by atoms with van der Waals surface area (Å²) in [6, 6.07) is -1.19. The third kappa shape index (κ3) is 6.69. The Morgan fingerprint density at radius 2 is 1.73 bits per heavy atom. The highest BCUT2D eigenvalue weighted by atomic mass is 19.1. The zero-order chi connectivity index (χ0) is 37.0. The number of nitrogens with zero attached hydrogens (tertiary/aromatic N) is 2. The van der Waals surface area contributed by atoms with E-state index in [9.17, 15) is 24.3 Å². The van der Waals surface area contributed by atoms with Gasteiger partial charge in [0.15, 0.2) is 17.7 Å². The Morgan fingerprint density at radius 1 is 1.10 bits per heavy atom. The van der Waals surface area contributed by atoms with Crippen LogP contribution in [-0.2, 0) is 42.9 Å². The maximum atomic E-state index is 16.7. The second-order valence-corrected chi connectivity index (χ2v) is 15.7. The summed E-state index contributed by atoms with van der Waals surface area (Å²) in [5.74, 6) is -3.89. The zero-order valence-electron chi connectivity index (χ0n) is 30.8. The average molecular weight is 695 g/mol. The number of hydrogen-bond donors (Lipinski definition) is 1. The Hall–Kier alpha value is -2.47. The standard InChI is InChI=1S/C36H55FN2O10/c1-13-15-45-34(7)17-19(3)27(41)33(6)18-39(12)24-26(33)36(9,49-30(24)43)23(14-2)47-32(44)35(8,37)28(42)21(5)29(34)48-31-25(40)22(38(10)11)16-20(4)46-31/h1,19-26,29,31,40H,14-18H2,2-12H3/t19-,20-,21+,22+,23+,24?,25-,26?,29-,31+,33?,34+,35+,36-/m1/s1. The molecule has 4 rings (SSSR count). The van der Waals surface area contributed by atoms with E-state index in [0.717, 1.165) is 6.92 Å². The predicted molar refractivity (Wildman–Crippen MR) is 176 cm³/mol. The number of aliphatic hydroxyl groups is 1. The molecular formula is C36H55FN2O10. The van der Waals surface area contributed by atoms with Gasteiger partial charge in [-0.2, -0.15) is 0 Å². The second-order valence-electron chi connectivity index (χ2n) is 15.7. The van der Waals surface area contributed by atoms with Crippen LogP contribution in [0.2, 0.25) is 0 Å². The molecule has 0 spiro atoms. The molecule has 0 aromatic rings. The predicted octanol–water partition coefficient (Wildman–Crippen LogP) is 2.32. The SMILES string of the molecule is C#CCO[C@@]1(C)C[C@@H](C)C(=O)C2(C)CN(C)C3C(=O)O[C@@](C)(C32)[C@H](CC)OC(=O)[C@@](C)(F)C(=O)[C@H](C)[C@H]1O[C@@H]1O[C@H](C)C[C@H](N(C)C)[C@H]1O. The molecule has 49 heavy (non-hydrogen) atoms. The van der Waals surface area contributed by atoms with Crippen LogP contribution in [-0.4, -0.2) is 132 Å². The van der Waals surface area contributed by atoms with Crippen LogP contribution in [0, 0.1) is 35.5 Å². The molecule has 0 amide bonds. The number of alkyl halides is 1. The fourth-order valence-electron chi connectivity index (χ4n) is 9.25. The lowest BCUT2D eigenvalue weighted by molar-refractivity contribution is -0.296. The molecule has 12 nitrogen and oxygen atoms in total. The maximum Gasteiger partial charge on any atom is 0.351 e. The number of halogens is 1. The molecule has 4 heterocycles. The largest absolute Gasteiger partial charge is 0.455 e. The van der Waals surface area contributed by atoms with Gasteiger partial charge in [-0.15, -0.1) is 6.42 Å². The van der Waals surface area contributed by atoms with Gasteiger partial charge in [0, 0.05) is 35.8 Å². The second kappa shape index (κ2) is 13.9. The third-order valence-electron chi connectivity index (χ3n) is 11.6. The minimum absolute atomic E-state index is 0.0435. The smallest absolute Gasteiger partial charge is 0.351 e. The lowest BCUT2D eigenvalue weighted by Crippen LogP contribution is -2.61. The minimum Gasteiger partial charge on any atom is -0.455 e. The molecule has 4 aliphatic heterocycles. The van der Waals surface area contributed by atoms with Crippen molar-refractivity contribution in [3.63, 3.8) is 0 Å². The van der Waals surface area contributed by atoms with E-state index in [1.54, 1.807) is 46.6 Å². The quantitative estimate of drug-likeness (QED) is 0.248. The molecule has 3 unspecified atom stereocenters. The maximum absolute atomic E-state index is 16.7. The number of likely N-dealkylation sites (tertiary alicyclic amines) is 1. The Bertz CT molecular complexity index is 1350. The van der Waals surface area contributed by atoms with Crippen LogP contribution in [0.25, 0.3) is 0 Å². The highest BCUT2D eigenvalue weighted by molar-refractivity contribution is 6.08. The number of ketones is 2. The monoisotopic (exact) mass is 694 g/mol. The topological polar surface area (TPSA) is 141 Å². The van der Waals surface area contributed by atoms with Crippen molar-refractivity contribution in [2.24, 2.45) is 23.2 Å². The molecule has 276 valence electrons. The van der Waals surface area contributed by atoms with Gasteiger partial charge in [0.05, 0.1) is 17.8 Å². The minimum atomic E-state index is -3.17. The molecule has 1 N–H and O–H groups in total. The van der Waals surface area contributed by atoms with E-state index >= 15 is 4.39 Å². The number of ether oxygens (including phenoxy) is 5. The van der Waals surface area contributed by atoms with Gasteiger partial charge in [-0.25, -0.2) is 9.18 Å². The van der Waals surface area contributed by atoms with Crippen molar-refractivity contribution in [2.75, 3.05) is 34.3 Å². The molecule has 4 fully saturated rings. The number of cyclic esters (lactones) is 1. The molecule has 0 bridgehead atoms. The number of Topliss-reactive ketones (excluding diaryl/α,β-unsaturated/α-hetero) is 2. The van der Waals surface area contributed by atoms with Crippen molar-refractivity contribution in [1.82, 2.24) is 9.80 Å². The van der Waals surface area contributed by atoms with E-state index in [2.05, 4.69) is 5.92 Å². The summed E-state index contributed by atoms with van der Waals surface area (Å²) >= 11 is 0. The molecule has 4 aliphatic rings. The van der Waals surface area contributed by atoms with Crippen LogP contribution in [0.4, 0.5) is 4.39 Å². The molecule has 13 heteroatoms. The zero-order valence-corrected chi connectivity index (χ0v) is 30.8. The first-order valence-electron chi connectivity index (χ1n) is 17.2. The van der Waals surface area contributed by atoms with Crippen molar-refractivity contribution >= 4 is 23.5 Å². The van der Waals surface area contributed by atoms with Gasteiger partial charge in [0.1, 0.15) is 30.6 Å². The number of likely N-dealkylation sites (N-methyl/N-ethyl adjacent to an activating group) is 2. The van der Waals surface area contributed by atoms with Crippen LogP contribution in [0.5, 0.6) is 0 Å². The van der Waals surface area contributed by atoms with E-state index < -0.39 is 88.4 Å². The van der Waals surface area contributed by atoms with Crippen molar-refractivity contribution < 1.29 is 52.4 Å². The van der Waals surface area contributed by atoms with Gasteiger partial charge in [-0.3, -0.25) is 19.3 Å². The van der Waals surface area contributed by atoms with Crippen LogP contribution in [0.15, 0.2) is 0 Å². The molecule has 14 atom stereocenters. The highest BCUT2D eigenvalue weighted by Gasteiger charge is 2.71. The number of carbonyl (C=O) groups excluding carboxylic acids is 4. The first-order chi connectivity index (χ1) is 22.6. The molecule has 0 radical (unpaired) electrons. The Morgan fingerprint density at radius 3 is 2.31 bits per heavy atom. The molecule has 0 aliphatic carbocycles. The first-order valence-corrected chi connectivity index (χ1v) is 17.2. The van der Waals surface area contributed by atoms with Crippen LogP contribution >= 0.6 is 0 Å². The van der Waals surface area contributed by atoms with Gasteiger partial charge in [-0.1, -0.05) is 33.6 Å². The summed E-state index contributed by atoms with van der Waals surface area (Å²) in [6.45, 7) is 12.5. The summed E-state index contributed by atoms with van der Waals surface area (Å²) < 4.78 is 47.2. The first kappa shape index (κ1) is 39.3. The van der Waals surface area contributed by atoms with E-state index in [1.165, 1.54) is 6.92 Å². The number of esters is 2. The van der Waals surface area contributed by atoms with E-state index in [4.69, 9.17) is 30.1 Å². The van der Waals surface area contributed by atoms with Gasteiger partial charge in [0.2, 0.25) is 0 Å². The fourth-order valence-corrected chi connectivity index (χ4v) is 9.25. The van der Waals surface area contributed by atoms with Crippen molar-refractivity contribution in [1.29, 1.82) is 0 Å². The Labute approximate surface area is 289 Å². The third-order valence-corrected chi connectivity index (χ3v) is 11.6. The highest BCUT2D eigenvalue weighted by Crippen LogP contribution is 2.55. The van der Waals surface area contributed by atoms with Crippen LogP contribution in [0.3, 0.4) is 0 Å². The summed E-state index contributed by atoms with van der Waals surface area (Å²) in [7, 11) is 5.36. The lowest BCUT2D eigenvalue weighted by Gasteiger charge is -2.48. The molecule has 0 saturated carbocycles. The number of aliphatic hydroxyl groups excluding tert-OH is 1. The van der Waals surface area contributed by atoms with Gasteiger partial charge >= 0.3 is 11.9 Å². The Balaban J connectivity index is 1.90. The van der Waals surface area contributed by atoms with E-state index in [-0.39, 0.29) is 43.9 Å². The number of hydrogen-bond acceptors (Lipinski definition) is 12. The van der Waals surface area contributed by atoms with E-state index in [0.29, 0.717) is 6.42 Å². The lowest BCUT2D eigenvalue weighted by atomic mass is 9.62. The summed E-state index contributed by atoms with van der Waals surface area (Å²) in [5, 5.41) is 11.4. The molecule has 0 aromatic carbocycles. The molecule has 4 saturated heterocycles. The average Bonchev–Trinajstić information content (AvgIpc) is 3.48. The van der Waals surface area contributed by atoms with Gasteiger partial charge < -0.3 is 33.7 Å². The Kier molecular flexibility index (Phi) is 11.2. The van der Waals surface area contributed by atoms with Crippen molar-refractivity contribution in [3.8, 4) is 12.3 Å². The number of carbonyl (C=O) groups is 4. The van der Waals surface area contributed by atoms with Gasteiger partial charge in [0.25, 0.3) is 5.67 Å². The number of terminal acetylenes is 1. The van der Waals surface area contributed by atoms with E-state index in [1.807, 2.05) is 25.9 Å². The molecular weight excluding hydrogens is 639 g/mol. The summed E-state index contributed by atoms with van der Waals surface area (Å²) in [6.07, 6.45) is 0.865. The van der Waals surface area contributed by atoms with Crippen molar-refractivity contribution in [3.05, 3.63) is 0 Å². The van der Waals surface area contributed by atoms with Gasteiger partial charge in [-0.05, 0) is 68.1 Å². The summed E-state index contributed by atoms with van der Waals surface area (Å²) in [4.78, 5) is 59.7. The molecule has 0 aromatic heterocycles. The van der Waals surface area contributed by atoms with Crippen LogP contribution < -0.4 is 0 Å².